The molecular weight excluding hydrogens is 358 g/mol. The van der Waals surface area contributed by atoms with Crippen LogP contribution >= 0.6 is 12.2 Å². The van der Waals surface area contributed by atoms with Gasteiger partial charge in [0.1, 0.15) is 23.6 Å². The zero-order chi connectivity index (χ0) is 19.2. The van der Waals surface area contributed by atoms with Crippen LogP contribution in [0.1, 0.15) is 12.5 Å². The average Bonchev–Trinajstić information content (AvgIpc) is 2.67. The number of thiocarbonyl (C=S) groups is 1. The Morgan fingerprint density at radius 3 is 2.70 bits per heavy atom. The minimum atomic E-state index is 0.0484. The number of hydrogen-bond acceptors (Lipinski definition) is 4. The number of fused-ring (bicyclic) bond motifs is 1. The Hall–Kier alpha value is -2.86. The van der Waals surface area contributed by atoms with Crippen molar-refractivity contribution < 1.29 is 9.47 Å². The summed E-state index contributed by atoms with van der Waals surface area (Å²) in [6.45, 7) is 4.57. The number of pyridine rings is 1. The van der Waals surface area contributed by atoms with E-state index in [1.54, 1.807) is 13.3 Å². The molecule has 27 heavy (non-hydrogen) atoms. The lowest BCUT2D eigenvalue weighted by atomic mass is 10.1. The van der Waals surface area contributed by atoms with Crippen LogP contribution in [0.25, 0.3) is 10.9 Å². The molecule has 0 saturated heterocycles. The molecule has 0 bridgehead atoms. The number of hydrogen-bond donors (Lipinski definition) is 2. The summed E-state index contributed by atoms with van der Waals surface area (Å²) in [5.41, 5.74) is 2.79. The number of nitrogens with zero attached hydrogens (tertiary/aromatic N) is 1. The molecule has 3 aromatic rings. The van der Waals surface area contributed by atoms with E-state index in [0.717, 1.165) is 33.7 Å². The van der Waals surface area contributed by atoms with Crippen molar-refractivity contribution in [3.63, 3.8) is 0 Å². The molecule has 2 N–H and O–H groups in total. The highest BCUT2D eigenvalue weighted by Crippen LogP contribution is 2.29. The maximum atomic E-state index is 5.87. The number of anilines is 1. The standard InChI is InChI=1S/C21H23N3O2S/c1-14-7-4-5-9-18(14)26-13-15(2)23-21(27)24-17-10-11-19(25-3)20-16(17)8-6-12-22-20/h4-12,15H,13H2,1-3H3,(H2,23,24,27)/t15-/m1/s1. The van der Waals surface area contributed by atoms with Crippen LogP contribution in [0.3, 0.4) is 0 Å². The summed E-state index contributed by atoms with van der Waals surface area (Å²) in [6.07, 6.45) is 1.75. The smallest absolute Gasteiger partial charge is 0.171 e. The Bertz CT molecular complexity index is 946. The fraction of sp³-hybridized carbons (Fsp3) is 0.238. The lowest BCUT2D eigenvalue weighted by Gasteiger charge is -2.19. The summed E-state index contributed by atoms with van der Waals surface area (Å²) < 4.78 is 11.3. The van der Waals surface area contributed by atoms with E-state index in [2.05, 4.69) is 15.6 Å². The van der Waals surface area contributed by atoms with Crippen molar-refractivity contribution in [2.45, 2.75) is 19.9 Å². The first-order valence-electron chi connectivity index (χ1n) is 8.76. The van der Waals surface area contributed by atoms with E-state index in [9.17, 15) is 0 Å². The minimum absolute atomic E-state index is 0.0484. The average molecular weight is 382 g/mol. The van der Waals surface area contributed by atoms with E-state index in [4.69, 9.17) is 21.7 Å². The van der Waals surface area contributed by atoms with Gasteiger partial charge in [-0.25, -0.2) is 0 Å². The quantitative estimate of drug-likeness (QED) is 0.621. The number of methoxy groups -OCH3 is 1. The number of aromatic nitrogens is 1. The first kappa shape index (κ1) is 18.9. The van der Waals surface area contributed by atoms with Crippen LogP contribution in [0.15, 0.2) is 54.7 Å². The molecule has 1 heterocycles. The first-order chi connectivity index (χ1) is 13.1. The highest BCUT2D eigenvalue weighted by molar-refractivity contribution is 7.80. The predicted molar refractivity (Wildman–Crippen MR) is 114 cm³/mol. The number of benzene rings is 2. The molecule has 6 heteroatoms. The lowest BCUT2D eigenvalue weighted by Crippen LogP contribution is -2.39. The van der Waals surface area contributed by atoms with E-state index >= 15 is 0 Å². The SMILES string of the molecule is COc1ccc(NC(=S)N[C@H](C)COc2ccccc2C)c2cccnc12. The van der Waals surface area contributed by atoms with Gasteiger partial charge in [0.05, 0.1) is 13.2 Å². The molecule has 1 atom stereocenters. The molecule has 140 valence electrons. The van der Waals surface area contributed by atoms with E-state index < -0.39 is 0 Å². The summed E-state index contributed by atoms with van der Waals surface area (Å²) in [5.74, 6) is 1.62. The molecule has 0 radical (unpaired) electrons. The van der Waals surface area contributed by atoms with Gasteiger partial charge in [0.15, 0.2) is 5.11 Å². The summed E-state index contributed by atoms with van der Waals surface area (Å²) >= 11 is 5.46. The van der Waals surface area contributed by atoms with Crippen molar-refractivity contribution in [3.05, 3.63) is 60.3 Å². The first-order valence-corrected chi connectivity index (χ1v) is 9.17. The molecule has 0 amide bonds. The lowest BCUT2D eigenvalue weighted by molar-refractivity contribution is 0.285. The molecule has 1 aromatic heterocycles. The Balaban J connectivity index is 1.62. The van der Waals surface area contributed by atoms with Gasteiger partial charge in [-0.1, -0.05) is 18.2 Å². The van der Waals surface area contributed by atoms with Crippen LogP contribution in [0.5, 0.6) is 11.5 Å². The van der Waals surface area contributed by atoms with Crippen LogP contribution < -0.4 is 20.1 Å². The van der Waals surface area contributed by atoms with Crippen molar-refractivity contribution in [2.75, 3.05) is 19.0 Å². The van der Waals surface area contributed by atoms with Crippen LogP contribution in [0.2, 0.25) is 0 Å². The fourth-order valence-electron chi connectivity index (χ4n) is 2.78. The van der Waals surface area contributed by atoms with Gasteiger partial charge in [-0.3, -0.25) is 4.98 Å². The van der Waals surface area contributed by atoms with Gasteiger partial charge in [0, 0.05) is 17.3 Å². The fourth-order valence-corrected chi connectivity index (χ4v) is 3.09. The summed E-state index contributed by atoms with van der Waals surface area (Å²) in [4.78, 5) is 4.40. The number of rotatable bonds is 6. The van der Waals surface area contributed by atoms with Gasteiger partial charge in [-0.2, -0.15) is 0 Å². The molecule has 2 aromatic carbocycles. The number of para-hydroxylation sites is 1. The normalized spacial score (nSPS) is 11.7. The van der Waals surface area contributed by atoms with Crippen molar-refractivity contribution in [3.8, 4) is 11.5 Å². The van der Waals surface area contributed by atoms with Crippen LogP contribution in [0.4, 0.5) is 5.69 Å². The third kappa shape index (κ3) is 4.65. The van der Waals surface area contributed by atoms with Gasteiger partial charge in [-0.05, 0) is 62.0 Å². The van der Waals surface area contributed by atoms with E-state index in [1.165, 1.54) is 0 Å². The summed E-state index contributed by atoms with van der Waals surface area (Å²) in [7, 11) is 1.64. The maximum Gasteiger partial charge on any atom is 0.171 e. The number of ether oxygens (including phenoxy) is 2. The topological polar surface area (TPSA) is 55.4 Å². The Morgan fingerprint density at radius 2 is 1.93 bits per heavy atom. The van der Waals surface area contributed by atoms with Crippen LogP contribution in [0, 0.1) is 6.92 Å². The second kappa shape index (κ2) is 8.68. The minimum Gasteiger partial charge on any atom is -0.494 e. The van der Waals surface area contributed by atoms with E-state index in [1.807, 2.05) is 62.4 Å². The molecule has 0 aliphatic heterocycles. The third-order valence-electron chi connectivity index (χ3n) is 4.16. The second-order valence-corrected chi connectivity index (χ2v) is 6.70. The number of nitrogens with one attached hydrogen (secondary N) is 2. The zero-order valence-corrected chi connectivity index (χ0v) is 16.5. The number of aryl methyl sites for hydroxylation is 1. The van der Waals surface area contributed by atoms with Crippen molar-refractivity contribution in [1.82, 2.24) is 10.3 Å². The zero-order valence-electron chi connectivity index (χ0n) is 15.7. The van der Waals surface area contributed by atoms with Gasteiger partial charge >= 0.3 is 0 Å². The van der Waals surface area contributed by atoms with Crippen molar-refractivity contribution in [1.29, 1.82) is 0 Å². The predicted octanol–water partition coefficient (Wildman–Crippen LogP) is 4.31. The maximum absolute atomic E-state index is 5.87. The van der Waals surface area contributed by atoms with Gasteiger partial charge in [-0.15, -0.1) is 0 Å². The largest absolute Gasteiger partial charge is 0.494 e. The molecule has 0 unspecified atom stereocenters. The summed E-state index contributed by atoms with van der Waals surface area (Å²) in [5, 5.41) is 7.98. The Morgan fingerprint density at radius 1 is 1.11 bits per heavy atom. The van der Waals surface area contributed by atoms with E-state index in [-0.39, 0.29) is 6.04 Å². The van der Waals surface area contributed by atoms with Gasteiger partial charge in [0.2, 0.25) is 0 Å². The monoisotopic (exact) mass is 381 g/mol. The molecule has 0 saturated carbocycles. The van der Waals surface area contributed by atoms with Gasteiger partial charge < -0.3 is 20.1 Å². The molecule has 3 rings (SSSR count). The van der Waals surface area contributed by atoms with E-state index in [0.29, 0.717) is 11.7 Å². The second-order valence-electron chi connectivity index (χ2n) is 6.29. The molecule has 0 aliphatic rings. The van der Waals surface area contributed by atoms with Gasteiger partial charge in [0.25, 0.3) is 0 Å². The molecular formula is C21H23N3O2S. The molecule has 0 spiro atoms. The Labute approximate surface area is 164 Å². The van der Waals surface area contributed by atoms with Crippen LogP contribution in [-0.2, 0) is 0 Å². The Kier molecular flexibility index (Phi) is 6.08. The van der Waals surface area contributed by atoms with Crippen LogP contribution in [-0.4, -0.2) is 29.9 Å². The summed E-state index contributed by atoms with van der Waals surface area (Å²) in [6, 6.07) is 15.7. The highest BCUT2D eigenvalue weighted by Gasteiger charge is 2.10. The molecule has 0 fully saturated rings. The molecule has 0 aliphatic carbocycles. The van der Waals surface area contributed by atoms with Crippen molar-refractivity contribution >= 4 is 33.9 Å². The highest BCUT2D eigenvalue weighted by atomic mass is 32.1. The van der Waals surface area contributed by atoms with Crippen molar-refractivity contribution in [2.24, 2.45) is 0 Å². The molecule has 5 nitrogen and oxygen atoms in total. The third-order valence-corrected chi connectivity index (χ3v) is 4.38.